The molecule has 108 valence electrons. The second-order valence-electron chi connectivity index (χ2n) is 5.80. The van der Waals surface area contributed by atoms with Crippen LogP contribution in [0.4, 0.5) is 19.0 Å². The summed E-state index contributed by atoms with van der Waals surface area (Å²) in [5.41, 5.74) is 5.24. The van der Waals surface area contributed by atoms with Crippen LogP contribution >= 0.6 is 0 Å². The number of halogens is 3. The lowest BCUT2D eigenvalue weighted by Gasteiger charge is -2.29. The number of hydrogen-bond acceptors (Lipinski definition) is 3. The summed E-state index contributed by atoms with van der Waals surface area (Å²) in [6.45, 7) is 6.79. The van der Waals surface area contributed by atoms with Gasteiger partial charge in [-0.25, -0.2) is 4.98 Å². The number of aromatic nitrogens is 1. The predicted octanol–water partition coefficient (Wildman–Crippen LogP) is 3.04. The summed E-state index contributed by atoms with van der Waals surface area (Å²) in [4.78, 5) is 5.44. The fraction of sp³-hybridized carbons (Fsp3) is 0.615. The van der Waals surface area contributed by atoms with Crippen molar-refractivity contribution in [1.82, 2.24) is 4.98 Å². The van der Waals surface area contributed by atoms with E-state index in [-0.39, 0.29) is 12.0 Å². The summed E-state index contributed by atoms with van der Waals surface area (Å²) >= 11 is 0. The van der Waals surface area contributed by atoms with Crippen molar-refractivity contribution in [3.05, 3.63) is 23.4 Å². The van der Waals surface area contributed by atoms with Crippen LogP contribution in [0, 0.1) is 5.41 Å². The van der Waals surface area contributed by atoms with Gasteiger partial charge in [-0.05, 0) is 11.5 Å². The van der Waals surface area contributed by atoms with Crippen molar-refractivity contribution >= 4 is 5.82 Å². The summed E-state index contributed by atoms with van der Waals surface area (Å²) in [5.74, 6) is 0.298. The molecule has 19 heavy (non-hydrogen) atoms. The van der Waals surface area contributed by atoms with Gasteiger partial charge in [-0.2, -0.15) is 13.2 Å². The summed E-state index contributed by atoms with van der Waals surface area (Å²) in [5, 5.41) is 0. The van der Waals surface area contributed by atoms with Gasteiger partial charge >= 0.3 is 6.18 Å². The van der Waals surface area contributed by atoms with E-state index in [9.17, 15) is 13.2 Å². The highest BCUT2D eigenvalue weighted by Gasteiger charge is 2.33. The lowest BCUT2D eigenvalue weighted by molar-refractivity contribution is -0.141. The minimum Gasteiger partial charge on any atom is -0.359 e. The molecule has 1 rings (SSSR count). The zero-order valence-electron chi connectivity index (χ0n) is 11.7. The molecule has 0 unspecified atom stereocenters. The van der Waals surface area contributed by atoms with E-state index in [0.717, 1.165) is 6.07 Å². The van der Waals surface area contributed by atoms with E-state index in [0.29, 0.717) is 17.9 Å². The monoisotopic (exact) mass is 275 g/mol. The fourth-order valence-corrected chi connectivity index (χ4v) is 1.91. The van der Waals surface area contributed by atoms with Crippen LogP contribution < -0.4 is 10.6 Å². The number of nitrogens with two attached hydrogens (primary N) is 1. The molecule has 0 bridgehead atoms. The lowest BCUT2D eigenvalue weighted by Crippen LogP contribution is -2.31. The molecule has 0 saturated carbocycles. The van der Waals surface area contributed by atoms with Crippen LogP contribution in [0.15, 0.2) is 12.1 Å². The Bertz CT molecular complexity index is 436. The zero-order chi connectivity index (χ0) is 14.8. The van der Waals surface area contributed by atoms with Gasteiger partial charge in [0.25, 0.3) is 0 Å². The van der Waals surface area contributed by atoms with Crippen LogP contribution in [-0.2, 0) is 12.7 Å². The van der Waals surface area contributed by atoms with Crippen LogP contribution in [0.1, 0.15) is 32.0 Å². The van der Waals surface area contributed by atoms with Gasteiger partial charge in [0.1, 0.15) is 11.5 Å². The van der Waals surface area contributed by atoms with Gasteiger partial charge in [0.15, 0.2) is 0 Å². The van der Waals surface area contributed by atoms with Gasteiger partial charge in [-0.3, -0.25) is 0 Å². The van der Waals surface area contributed by atoms with Crippen molar-refractivity contribution in [2.24, 2.45) is 11.1 Å². The Kier molecular flexibility index (Phi) is 4.45. The molecule has 0 aromatic carbocycles. The molecule has 0 spiro atoms. The molecule has 3 nitrogen and oxygen atoms in total. The van der Waals surface area contributed by atoms with Crippen LogP contribution in [0.3, 0.4) is 0 Å². The SMILES string of the molecule is CN(CC(C)(C)C)c1nc(C(F)(F)F)ccc1CN. The van der Waals surface area contributed by atoms with E-state index in [2.05, 4.69) is 4.98 Å². The minimum absolute atomic E-state index is 0.0451. The molecule has 2 N–H and O–H groups in total. The maximum Gasteiger partial charge on any atom is 0.433 e. The van der Waals surface area contributed by atoms with E-state index in [4.69, 9.17) is 5.73 Å². The molecular weight excluding hydrogens is 255 g/mol. The highest BCUT2D eigenvalue weighted by molar-refractivity contribution is 5.47. The van der Waals surface area contributed by atoms with Gasteiger partial charge in [0.05, 0.1) is 0 Å². The molecule has 0 aliphatic rings. The summed E-state index contributed by atoms with van der Waals surface area (Å²) in [6.07, 6.45) is -4.44. The fourth-order valence-electron chi connectivity index (χ4n) is 1.91. The molecule has 0 fully saturated rings. The molecule has 0 amide bonds. The average molecular weight is 275 g/mol. The Morgan fingerprint density at radius 2 is 1.79 bits per heavy atom. The molecule has 0 radical (unpaired) electrons. The van der Waals surface area contributed by atoms with Gasteiger partial charge in [0, 0.05) is 25.7 Å². The Morgan fingerprint density at radius 3 is 2.21 bits per heavy atom. The van der Waals surface area contributed by atoms with Gasteiger partial charge in [0.2, 0.25) is 0 Å². The largest absolute Gasteiger partial charge is 0.433 e. The highest BCUT2D eigenvalue weighted by Crippen LogP contribution is 2.31. The Labute approximate surface area is 111 Å². The first-order chi connectivity index (χ1) is 8.54. The molecule has 0 atom stereocenters. The normalized spacial score (nSPS) is 12.6. The number of pyridine rings is 1. The van der Waals surface area contributed by atoms with Crippen molar-refractivity contribution in [1.29, 1.82) is 0 Å². The van der Waals surface area contributed by atoms with Crippen LogP contribution in [-0.4, -0.2) is 18.6 Å². The predicted molar refractivity (Wildman–Crippen MR) is 69.9 cm³/mol. The van der Waals surface area contributed by atoms with Crippen LogP contribution in [0.5, 0.6) is 0 Å². The molecule has 0 aliphatic heterocycles. The topological polar surface area (TPSA) is 42.2 Å². The lowest BCUT2D eigenvalue weighted by atomic mass is 9.96. The third-order valence-electron chi connectivity index (χ3n) is 2.54. The van der Waals surface area contributed by atoms with Crippen LogP contribution in [0.2, 0.25) is 0 Å². The quantitative estimate of drug-likeness (QED) is 0.922. The third kappa shape index (κ3) is 4.38. The minimum atomic E-state index is -4.44. The summed E-state index contributed by atoms with van der Waals surface area (Å²) in [7, 11) is 1.73. The molecule has 0 aliphatic carbocycles. The van der Waals surface area contributed by atoms with E-state index in [1.165, 1.54) is 6.07 Å². The molecule has 0 saturated heterocycles. The number of alkyl halides is 3. The summed E-state index contributed by atoms with van der Waals surface area (Å²) in [6, 6.07) is 2.36. The second kappa shape index (κ2) is 5.36. The Balaban J connectivity index is 3.16. The summed E-state index contributed by atoms with van der Waals surface area (Å²) < 4.78 is 38.1. The van der Waals surface area contributed by atoms with Crippen molar-refractivity contribution < 1.29 is 13.2 Å². The molecule has 1 aromatic rings. The van der Waals surface area contributed by atoms with E-state index >= 15 is 0 Å². The zero-order valence-corrected chi connectivity index (χ0v) is 11.7. The van der Waals surface area contributed by atoms with E-state index < -0.39 is 11.9 Å². The molecule has 1 heterocycles. The third-order valence-corrected chi connectivity index (χ3v) is 2.54. The number of rotatable bonds is 3. The average Bonchev–Trinajstić information content (AvgIpc) is 2.24. The molecule has 1 aromatic heterocycles. The molecular formula is C13H20F3N3. The van der Waals surface area contributed by atoms with Gasteiger partial charge in [-0.15, -0.1) is 0 Å². The van der Waals surface area contributed by atoms with Gasteiger partial charge in [-0.1, -0.05) is 26.8 Å². The first kappa shape index (κ1) is 15.8. The first-order valence-electron chi connectivity index (χ1n) is 6.03. The number of hydrogen-bond donors (Lipinski definition) is 1. The smallest absolute Gasteiger partial charge is 0.359 e. The Hall–Kier alpha value is -1.30. The van der Waals surface area contributed by atoms with E-state index in [1.807, 2.05) is 20.8 Å². The number of anilines is 1. The maximum absolute atomic E-state index is 12.7. The van der Waals surface area contributed by atoms with E-state index in [1.54, 1.807) is 11.9 Å². The highest BCUT2D eigenvalue weighted by atomic mass is 19.4. The van der Waals surface area contributed by atoms with Crippen molar-refractivity contribution in [2.45, 2.75) is 33.5 Å². The van der Waals surface area contributed by atoms with Crippen molar-refractivity contribution in [2.75, 3.05) is 18.5 Å². The maximum atomic E-state index is 12.7. The second-order valence-corrected chi connectivity index (χ2v) is 5.80. The molecule has 6 heteroatoms. The van der Waals surface area contributed by atoms with Crippen molar-refractivity contribution in [3.63, 3.8) is 0 Å². The number of nitrogens with zero attached hydrogens (tertiary/aromatic N) is 2. The van der Waals surface area contributed by atoms with Crippen molar-refractivity contribution in [3.8, 4) is 0 Å². The van der Waals surface area contributed by atoms with Crippen LogP contribution in [0.25, 0.3) is 0 Å². The Morgan fingerprint density at radius 1 is 1.21 bits per heavy atom. The van der Waals surface area contributed by atoms with Gasteiger partial charge < -0.3 is 10.6 Å². The standard InChI is InChI=1S/C13H20F3N3/c1-12(2,3)8-19(4)11-9(7-17)5-6-10(18-11)13(14,15)16/h5-6H,7-8,17H2,1-4H3. The first-order valence-corrected chi connectivity index (χ1v) is 6.03.